The van der Waals surface area contributed by atoms with Crippen molar-refractivity contribution in [3.63, 3.8) is 0 Å². The molecule has 0 bridgehead atoms. The molecular formula is C21H25N9. The van der Waals surface area contributed by atoms with E-state index in [4.69, 9.17) is 5.73 Å². The predicted molar refractivity (Wildman–Crippen MR) is 117 cm³/mol. The summed E-state index contributed by atoms with van der Waals surface area (Å²) in [5.74, 6) is 1.67. The minimum atomic E-state index is 0.328. The Hall–Kier alpha value is -3.46. The molecule has 0 aliphatic heterocycles. The van der Waals surface area contributed by atoms with Crippen LogP contribution < -0.4 is 16.4 Å². The number of nitrogens with one attached hydrogen (secondary N) is 2. The lowest BCUT2D eigenvalue weighted by atomic mass is 9.92. The van der Waals surface area contributed by atoms with E-state index in [0.717, 1.165) is 59.9 Å². The minimum Gasteiger partial charge on any atom is -0.366 e. The largest absolute Gasteiger partial charge is 0.366 e. The summed E-state index contributed by atoms with van der Waals surface area (Å²) in [5.41, 5.74) is 9.69. The van der Waals surface area contributed by atoms with E-state index in [2.05, 4.69) is 30.9 Å². The molecule has 30 heavy (non-hydrogen) atoms. The van der Waals surface area contributed by atoms with E-state index < -0.39 is 0 Å². The lowest BCUT2D eigenvalue weighted by Gasteiger charge is -2.27. The van der Waals surface area contributed by atoms with E-state index in [0.29, 0.717) is 12.1 Å². The van der Waals surface area contributed by atoms with Crippen LogP contribution in [0.25, 0.3) is 17.0 Å². The van der Waals surface area contributed by atoms with Gasteiger partial charge < -0.3 is 20.9 Å². The van der Waals surface area contributed by atoms with E-state index >= 15 is 0 Å². The second kappa shape index (κ2) is 7.75. The average Bonchev–Trinajstić information content (AvgIpc) is 3.39. The molecule has 0 unspecified atom stereocenters. The van der Waals surface area contributed by atoms with Crippen LogP contribution >= 0.6 is 0 Å². The number of anilines is 3. The Balaban J connectivity index is 1.38. The summed E-state index contributed by atoms with van der Waals surface area (Å²) >= 11 is 0. The Morgan fingerprint density at radius 3 is 2.63 bits per heavy atom. The Kier molecular flexibility index (Phi) is 4.80. The van der Waals surface area contributed by atoms with Crippen LogP contribution in [0.2, 0.25) is 0 Å². The van der Waals surface area contributed by atoms with Crippen LogP contribution in [-0.4, -0.2) is 41.4 Å². The molecule has 3 aromatic heterocycles. The van der Waals surface area contributed by atoms with Gasteiger partial charge in [-0.15, -0.1) is 15.3 Å². The number of imidazole rings is 1. The number of aryl methyl sites for hydroxylation is 1. The monoisotopic (exact) mass is 403 g/mol. The van der Waals surface area contributed by atoms with Crippen molar-refractivity contribution in [1.29, 1.82) is 0 Å². The van der Waals surface area contributed by atoms with Crippen molar-refractivity contribution >= 4 is 22.8 Å². The quantitative estimate of drug-likeness (QED) is 0.470. The van der Waals surface area contributed by atoms with Gasteiger partial charge in [0.2, 0.25) is 0 Å². The standard InChI is InChI=1S/C21H25N9/c1-29-13-24-27-20(29)14-2-6-16(7-3-14)25-18-12-19(28-30-11-10-23-21(18)30)26-17-8-4-15(22)5-9-17/h2-3,6-7,10-13,15,17,25H,4-5,8-9,22H2,1H3,(H,26,28). The van der Waals surface area contributed by atoms with Gasteiger partial charge >= 0.3 is 0 Å². The summed E-state index contributed by atoms with van der Waals surface area (Å²) in [6, 6.07) is 10.9. The molecule has 0 amide bonds. The molecule has 9 nitrogen and oxygen atoms in total. The number of rotatable bonds is 5. The molecule has 4 aromatic rings. The second-order valence-electron chi connectivity index (χ2n) is 7.86. The summed E-state index contributed by atoms with van der Waals surface area (Å²) < 4.78 is 3.70. The molecule has 154 valence electrons. The number of nitrogens with zero attached hydrogens (tertiary/aromatic N) is 6. The fraction of sp³-hybridized carbons (Fsp3) is 0.333. The molecule has 0 saturated heterocycles. The lowest BCUT2D eigenvalue weighted by molar-refractivity contribution is 0.410. The van der Waals surface area contributed by atoms with Crippen LogP contribution in [0.3, 0.4) is 0 Å². The maximum atomic E-state index is 6.04. The molecule has 0 atom stereocenters. The first kappa shape index (κ1) is 18.6. The first-order valence-corrected chi connectivity index (χ1v) is 10.2. The Morgan fingerprint density at radius 1 is 1.10 bits per heavy atom. The fourth-order valence-electron chi connectivity index (χ4n) is 3.95. The highest BCUT2D eigenvalue weighted by Gasteiger charge is 2.19. The van der Waals surface area contributed by atoms with Crippen LogP contribution in [0.5, 0.6) is 0 Å². The van der Waals surface area contributed by atoms with Crippen molar-refractivity contribution in [1.82, 2.24) is 29.4 Å². The van der Waals surface area contributed by atoms with E-state index in [-0.39, 0.29) is 0 Å². The molecule has 5 rings (SSSR count). The molecule has 3 heterocycles. The van der Waals surface area contributed by atoms with Crippen LogP contribution in [0.1, 0.15) is 25.7 Å². The van der Waals surface area contributed by atoms with Crippen LogP contribution in [-0.2, 0) is 7.05 Å². The number of hydrogen-bond acceptors (Lipinski definition) is 7. The molecule has 4 N–H and O–H groups in total. The molecule has 0 radical (unpaired) electrons. The molecule has 1 aromatic carbocycles. The van der Waals surface area contributed by atoms with Crippen molar-refractivity contribution in [3.8, 4) is 11.4 Å². The molecule has 1 aliphatic rings. The van der Waals surface area contributed by atoms with Crippen LogP contribution in [0.4, 0.5) is 17.2 Å². The first-order valence-electron chi connectivity index (χ1n) is 10.2. The number of benzene rings is 1. The van der Waals surface area contributed by atoms with Gasteiger partial charge in [0.05, 0.1) is 5.69 Å². The zero-order valence-electron chi connectivity index (χ0n) is 16.9. The van der Waals surface area contributed by atoms with Gasteiger partial charge in [-0.1, -0.05) is 0 Å². The normalized spacial score (nSPS) is 19.1. The van der Waals surface area contributed by atoms with Crippen molar-refractivity contribution in [2.24, 2.45) is 12.8 Å². The highest BCUT2D eigenvalue weighted by Crippen LogP contribution is 2.27. The van der Waals surface area contributed by atoms with Gasteiger partial charge in [0, 0.05) is 48.8 Å². The average molecular weight is 403 g/mol. The van der Waals surface area contributed by atoms with Gasteiger partial charge in [-0.3, -0.25) is 0 Å². The summed E-state index contributed by atoms with van der Waals surface area (Å²) in [7, 11) is 1.93. The predicted octanol–water partition coefficient (Wildman–Crippen LogP) is 2.95. The van der Waals surface area contributed by atoms with E-state index in [1.54, 1.807) is 17.0 Å². The van der Waals surface area contributed by atoms with Crippen molar-refractivity contribution < 1.29 is 0 Å². The minimum absolute atomic E-state index is 0.328. The van der Waals surface area contributed by atoms with Gasteiger partial charge in [-0.05, 0) is 49.9 Å². The van der Waals surface area contributed by atoms with Crippen LogP contribution in [0, 0.1) is 0 Å². The third kappa shape index (κ3) is 3.71. The van der Waals surface area contributed by atoms with E-state index in [9.17, 15) is 0 Å². The number of nitrogens with two attached hydrogens (primary N) is 1. The smallest absolute Gasteiger partial charge is 0.177 e. The highest BCUT2D eigenvalue weighted by atomic mass is 15.3. The molecular weight excluding hydrogens is 378 g/mol. The van der Waals surface area contributed by atoms with E-state index in [1.165, 1.54) is 0 Å². The molecule has 0 spiro atoms. The highest BCUT2D eigenvalue weighted by molar-refractivity contribution is 5.76. The number of aromatic nitrogens is 6. The van der Waals surface area contributed by atoms with Gasteiger partial charge in [-0.25, -0.2) is 9.50 Å². The van der Waals surface area contributed by atoms with E-state index in [1.807, 2.05) is 48.1 Å². The first-order chi connectivity index (χ1) is 14.7. The van der Waals surface area contributed by atoms with Gasteiger partial charge in [0.25, 0.3) is 0 Å². The SMILES string of the molecule is Cn1cnnc1-c1ccc(Nc2cc(NC3CCC(N)CC3)nn3ccnc23)cc1. The molecule has 9 heteroatoms. The molecule has 1 fully saturated rings. The number of hydrogen-bond donors (Lipinski definition) is 3. The molecule has 1 aliphatic carbocycles. The number of fused-ring (bicyclic) bond motifs is 1. The maximum Gasteiger partial charge on any atom is 0.177 e. The third-order valence-corrected chi connectivity index (χ3v) is 5.62. The van der Waals surface area contributed by atoms with Gasteiger partial charge in [-0.2, -0.15) is 0 Å². The topological polar surface area (TPSA) is 111 Å². The Morgan fingerprint density at radius 2 is 1.90 bits per heavy atom. The second-order valence-corrected chi connectivity index (χ2v) is 7.86. The summed E-state index contributed by atoms with van der Waals surface area (Å²) in [6.45, 7) is 0. The third-order valence-electron chi connectivity index (χ3n) is 5.62. The van der Waals surface area contributed by atoms with Gasteiger partial charge in [0.1, 0.15) is 12.1 Å². The summed E-state index contributed by atoms with van der Waals surface area (Å²) in [6.07, 6.45) is 9.55. The lowest BCUT2D eigenvalue weighted by Crippen LogP contribution is -2.33. The summed E-state index contributed by atoms with van der Waals surface area (Å²) in [5, 5.41) is 19.8. The summed E-state index contributed by atoms with van der Waals surface area (Å²) in [4.78, 5) is 4.45. The van der Waals surface area contributed by atoms with Crippen molar-refractivity contribution in [3.05, 3.63) is 49.1 Å². The molecule has 1 saturated carbocycles. The Labute approximate surface area is 174 Å². The van der Waals surface area contributed by atoms with Gasteiger partial charge in [0.15, 0.2) is 11.5 Å². The Bertz CT molecular complexity index is 1140. The van der Waals surface area contributed by atoms with Crippen LogP contribution in [0.15, 0.2) is 49.1 Å². The van der Waals surface area contributed by atoms with Crippen molar-refractivity contribution in [2.45, 2.75) is 37.8 Å². The zero-order valence-corrected chi connectivity index (χ0v) is 16.9. The maximum absolute atomic E-state index is 6.04. The zero-order chi connectivity index (χ0) is 20.5. The van der Waals surface area contributed by atoms with Crippen molar-refractivity contribution in [2.75, 3.05) is 10.6 Å². The fourth-order valence-corrected chi connectivity index (χ4v) is 3.95.